The zero-order valence-electron chi connectivity index (χ0n) is 12.7. The fourth-order valence-electron chi connectivity index (χ4n) is 2.58. The third kappa shape index (κ3) is 2.98. The third-order valence-electron chi connectivity index (χ3n) is 3.88. The molecular weight excluding hydrogens is 298 g/mol. The molecule has 6 heteroatoms. The number of piperazine rings is 1. The summed E-state index contributed by atoms with van der Waals surface area (Å²) in [4.78, 5) is 18.6. The van der Waals surface area contributed by atoms with Gasteiger partial charge in [0.05, 0.1) is 24.4 Å². The van der Waals surface area contributed by atoms with Crippen LogP contribution >= 0.6 is 11.3 Å². The molecule has 1 aliphatic rings. The largest absolute Gasteiger partial charge is 0.496 e. The van der Waals surface area contributed by atoms with E-state index < -0.39 is 0 Å². The van der Waals surface area contributed by atoms with Crippen LogP contribution in [-0.4, -0.2) is 42.0 Å². The first-order valence-electron chi connectivity index (χ1n) is 7.28. The molecule has 1 atom stereocenters. The minimum atomic E-state index is -0.106. The topological polar surface area (TPSA) is 54.5 Å². The number of amides is 1. The van der Waals surface area contributed by atoms with Gasteiger partial charge in [0.2, 0.25) is 5.91 Å². The van der Waals surface area contributed by atoms with Gasteiger partial charge in [-0.2, -0.15) is 0 Å². The average molecular weight is 317 g/mol. The maximum Gasteiger partial charge on any atom is 0.237 e. The standard InChI is InChI=1S/C16H19N3O2S/c1-11-15(20)17-7-8-19(11)9-12-10-22-16(18-12)13-5-3-4-6-14(13)21-2/h3-6,10-11H,7-9H2,1-2H3,(H,17,20). The van der Waals surface area contributed by atoms with Gasteiger partial charge in [-0.1, -0.05) is 12.1 Å². The minimum Gasteiger partial charge on any atom is -0.496 e. The Morgan fingerprint density at radius 3 is 3.09 bits per heavy atom. The Hall–Kier alpha value is -1.92. The molecular formula is C16H19N3O2S. The molecule has 0 bridgehead atoms. The van der Waals surface area contributed by atoms with Crippen LogP contribution in [0.25, 0.3) is 10.6 Å². The predicted molar refractivity (Wildman–Crippen MR) is 87.0 cm³/mol. The quantitative estimate of drug-likeness (QED) is 0.939. The molecule has 1 fully saturated rings. The van der Waals surface area contributed by atoms with Gasteiger partial charge in [-0.05, 0) is 19.1 Å². The van der Waals surface area contributed by atoms with Gasteiger partial charge in [0.1, 0.15) is 10.8 Å². The van der Waals surface area contributed by atoms with Crippen molar-refractivity contribution in [3.8, 4) is 16.3 Å². The van der Waals surface area contributed by atoms with Crippen molar-refractivity contribution in [2.24, 2.45) is 0 Å². The first kappa shape index (κ1) is 15.0. The van der Waals surface area contributed by atoms with E-state index in [9.17, 15) is 4.79 Å². The van der Waals surface area contributed by atoms with Gasteiger partial charge in [0.25, 0.3) is 0 Å². The summed E-state index contributed by atoms with van der Waals surface area (Å²) < 4.78 is 5.39. The van der Waals surface area contributed by atoms with Crippen molar-refractivity contribution in [2.75, 3.05) is 20.2 Å². The molecule has 3 rings (SSSR count). The number of ether oxygens (including phenoxy) is 1. The van der Waals surface area contributed by atoms with Crippen LogP contribution in [0.15, 0.2) is 29.6 Å². The average Bonchev–Trinajstić information content (AvgIpc) is 3.00. The number of thiazole rings is 1. The monoisotopic (exact) mass is 317 g/mol. The summed E-state index contributed by atoms with van der Waals surface area (Å²) in [6.07, 6.45) is 0. The predicted octanol–water partition coefficient (Wildman–Crippen LogP) is 2.14. The van der Waals surface area contributed by atoms with E-state index in [1.54, 1.807) is 18.4 Å². The van der Waals surface area contributed by atoms with Gasteiger partial charge in [-0.25, -0.2) is 4.98 Å². The van der Waals surface area contributed by atoms with Crippen LogP contribution in [0.3, 0.4) is 0 Å². The number of aromatic nitrogens is 1. The zero-order chi connectivity index (χ0) is 15.5. The van der Waals surface area contributed by atoms with Crippen molar-refractivity contribution in [2.45, 2.75) is 19.5 Å². The van der Waals surface area contributed by atoms with E-state index in [1.165, 1.54) is 0 Å². The Kier molecular flexibility index (Phi) is 4.40. The van der Waals surface area contributed by atoms with Crippen LogP contribution < -0.4 is 10.1 Å². The fraction of sp³-hybridized carbons (Fsp3) is 0.375. The van der Waals surface area contributed by atoms with Crippen molar-refractivity contribution in [3.63, 3.8) is 0 Å². The normalized spacial score (nSPS) is 19.0. The molecule has 1 amide bonds. The van der Waals surface area contributed by atoms with E-state index in [0.29, 0.717) is 13.1 Å². The summed E-state index contributed by atoms with van der Waals surface area (Å²) in [5.41, 5.74) is 2.00. The lowest BCUT2D eigenvalue weighted by Crippen LogP contribution is -2.53. The lowest BCUT2D eigenvalue weighted by atomic mass is 10.2. The van der Waals surface area contributed by atoms with Crippen LogP contribution in [0.4, 0.5) is 0 Å². The van der Waals surface area contributed by atoms with Crippen LogP contribution in [0.2, 0.25) is 0 Å². The molecule has 2 heterocycles. The highest BCUT2D eigenvalue weighted by Gasteiger charge is 2.25. The molecule has 2 aromatic rings. The summed E-state index contributed by atoms with van der Waals surface area (Å²) >= 11 is 1.60. The SMILES string of the molecule is COc1ccccc1-c1nc(CN2CCNC(=O)C2C)cs1. The second-order valence-corrected chi connectivity index (χ2v) is 6.14. The lowest BCUT2D eigenvalue weighted by Gasteiger charge is -2.32. The molecule has 0 aliphatic carbocycles. The third-order valence-corrected chi connectivity index (χ3v) is 4.80. The molecule has 22 heavy (non-hydrogen) atoms. The second kappa shape index (κ2) is 6.46. The number of hydrogen-bond acceptors (Lipinski definition) is 5. The minimum absolute atomic E-state index is 0.0893. The summed E-state index contributed by atoms with van der Waals surface area (Å²) in [5.74, 6) is 0.917. The lowest BCUT2D eigenvalue weighted by molar-refractivity contribution is -0.128. The number of para-hydroxylation sites is 1. The number of carbonyl (C=O) groups excluding carboxylic acids is 1. The van der Waals surface area contributed by atoms with Gasteiger partial charge < -0.3 is 10.1 Å². The van der Waals surface area contributed by atoms with Crippen molar-refractivity contribution >= 4 is 17.2 Å². The van der Waals surface area contributed by atoms with Gasteiger partial charge in [0.15, 0.2) is 0 Å². The smallest absolute Gasteiger partial charge is 0.237 e. The molecule has 1 N–H and O–H groups in total. The van der Waals surface area contributed by atoms with Crippen LogP contribution in [0, 0.1) is 0 Å². The highest BCUT2D eigenvalue weighted by Crippen LogP contribution is 2.32. The van der Waals surface area contributed by atoms with Crippen LogP contribution in [-0.2, 0) is 11.3 Å². The van der Waals surface area contributed by atoms with E-state index in [1.807, 2.05) is 31.2 Å². The molecule has 1 saturated heterocycles. The Morgan fingerprint density at radius 1 is 1.45 bits per heavy atom. The maximum atomic E-state index is 11.7. The van der Waals surface area contributed by atoms with E-state index in [4.69, 9.17) is 9.72 Å². The number of methoxy groups -OCH3 is 1. The van der Waals surface area contributed by atoms with Gasteiger partial charge in [0, 0.05) is 25.0 Å². The number of nitrogens with one attached hydrogen (secondary N) is 1. The molecule has 0 spiro atoms. The summed E-state index contributed by atoms with van der Waals surface area (Å²) in [5, 5.41) is 5.88. The van der Waals surface area contributed by atoms with Gasteiger partial charge >= 0.3 is 0 Å². The number of carbonyl (C=O) groups is 1. The molecule has 116 valence electrons. The van der Waals surface area contributed by atoms with Crippen molar-refractivity contribution in [3.05, 3.63) is 35.3 Å². The maximum absolute atomic E-state index is 11.7. The summed E-state index contributed by atoms with van der Waals surface area (Å²) in [6.45, 7) is 4.18. The molecule has 1 aliphatic heterocycles. The van der Waals surface area contributed by atoms with E-state index >= 15 is 0 Å². The number of hydrogen-bond donors (Lipinski definition) is 1. The Morgan fingerprint density at radius 2 is 2.27 bits per heavy atom. The van der Waals surface area contributed by atoms with Crippen molar-refractivity contribution < 1.29 is 9.53 Å². The molecule has 0 radical (unpaired) electrons. The first-order valence-corrected chi connectivity index (χ1v) is 8.16. The molecule has 1 aromatic heterocycles. The highest BCUT2D eigenvalue weighted by molar-refractivity contribution is 7.13. The van der Waals surface area contributed by atoms with Crippen molar-refractivity contribution in [1.29, 1.82) is 0 Å². The number of rotatable bonds is 4. The molecule has 5 nitrogen and oxygen atoms in total. The van der Waals surface area contributed by atoms with Gasteiger partial charge in [-0.3, -0.25) is 9.69 Å². The van der Waals surface area contributed by atoms with E-state index in [0.717, 1.165) is 28.6 Å². The van der Waals surface area contributed by atoms with E-state index in [2.05, 4.69) is 15.6 Å². The van der Waals surface area contributed by atoms with Crippen LogP contribution in [0.1, 0.15) is 12.6 Å². The van der Waals surface area contributed by atoms with Crippen LogP contribution in [0.5, 0.6) is 5.75 Å². The first-order chi connectivity index (χ1) is 10.7. The molecule has 1 aromatic carbocycles. The highest BCUT2D eigenvalue weighted by atomic mass is 32.1. The number of benzene rings is 1. The Bertz CT molecular complexity index is 671. The fourth-order valence-corrected chi connectivity index (χ4v) is 3.42. The molecule has 1 unspecified atom stereocenters. The van der Waals surface area contributed by atoms with E-state index in [-0.39, 0.29) is 11.9 Å². The summed E-state index contributed by atoms with van der Waals surface area (Å²) in [7, 11) is 1.67. The molecule has 0 saturated carbocycles. The Balaban J connectivity index is 1.78. The second-order valence-electron chi connectivity index (χ2n) is 5.28. The number of nitrogens with zero attached hydrogens (tertiary/aromatic N) is 2. The zero-order valence-corrected chi connectivity index (χ0v) is 13.5. The van der Waals surface area contributed by atoms with Gasteiger partial charge in [-0.15, -0.1) is 11.3 Å². The summed E-state index contributed by atoms with van der Waals surface area (Å²) in [6, 6.07) is 7.78. The Labute approximate surface area is 133 Å². The van der Waals surface area contributed by atoms with Crippen molar-refractivity contribution in [1.82, 2.24) is 15.2 Å².